The maximum Gasteiger partial charge on any atom is 0.257 e. The van der Waals surface area contributed by atoms with Gasteiger partial charge in [0.15, 0.2) is 5.82 Å². The van der Waals surface area contributed by atoms with Crippen LogP contribution in [0.1, 0.15) is 35.6 Å². The number of amides is 1. The number of hydrogen-bond donors (Lipinski definition) is 1. The number of aromatic nitrogens is 3. The van der Waals surface area contributed by atoms with Gasteiger partial charge in [-0.1, -0.05) is 12.1 Å². The Kier molecular flexibility index (Phi) is 5.94. The van der Waals surface area contributed by atoms with E-state index in [1.165, 1.54) is 57.3 Å². The van der Waals surface area contributed by atoms with Gasteiger partial charge in [-0.3, -0.25) is 9.78 Å². The number of carbonyl (C=O) groups is 1. The molecule has 10 heteroatoms. The van der Waals surface area contributed by atoms with Crippen molar-refractivity contribution in [2.75, 3.05) is 31.1 Å². The summed E-state index contributed by atoms with van der Waals surface area (Å²) in [5, 5.41) is 10.3. The summed E-state index contributed by atoms with van der Waals surface area (Å²) in [7, 11) is 0. The highest BCUT2D eigenvalue weighted by atomic mass is 19.1. The summed E-state index contributed by atoms with van der Waals surface area (Å²) >= 11 is 0. The number of halogens is 3. The highest BCUT2D eigenvalue weighted by Crippen LogP contribution is 2.36. The molecule has 1 aromatic carbocycles. The van der Waals surface area contributed by atoms with Crippen molar-refractivity contribution in [3.8, 4) is 11.3 Å². The van der Waals surface area contributed by atoms with Crippen molar-refractivity contribution in [2.45, 2.75) is 26.4 Å². The zero-order chi connectivity index (χ0) is 25.8. The number of anilines is 1. The van der Waals surface area contributed by atoms with Crippen LogP contribution in [0.3, 0.4) is 0 Å². The Hall–Kier alpha value is -3.53. The zero-order valence-corrected chi connectivity index (χ0v) is 20.2. The number of aliphatic hydroxyl groups is 1. The van der Waals surface area contributed by atoms with E-state index in [0.29, 0.717) is 32.1 Å². The van der Waals surface area contributed by atoms with E-state index < -0.39 is 29.0 Å². The molecule has 7 nitrogen and oxygen atoms in total. The lowest BCUT2D eigenvalue weighted by Crippen LogP contribution is -2.35. The first-order valence-corrected chi connectivity index (χ1v) is 11.7. The third-order valence-corrected chi connectivity index (χ3v) is 6.88. The number of nitrogens with zero attached hydrogens (tertiary/aromatic N) is 5. The van der Waals surface area contributed by atoms with Gasteiger partial charge in [0.2, 0.25) is 5.95 Å². The van der Waals surface area contributed by atoms with Crippen LogP contribution in [0.2, 0.25) is 0 Å². The molecule has 0 bridgehead atoms. The summed E-state index contributed by atoms with van der Waals surface area (Å²) in [6.07, 6.45) is 1.40. The van der Waals surface area contributed by atoms with E-state index in [4.69, 9.17) is 0 Å². The van der Waals surface area contributed by atoms with Crippen LogP contribution >= 0.6 is 0 Å². The first-order valence-electron chi connectivity index (χ1n) is 11.7. The van der Waals surface area contributed by atoms with Gasteiger partial charge in [0.05, 0.1) is 11.3 Å². The quantitative estimate of drug-likeness (QED) is 0.592. The fourth-order valence-electron chi connectivity index (χ4n) is 5.09. The number of likely N-dealkylation sites (tertiary alicyclic amines) is 1. The molecule has 2 saturated heterocycles. The molecule has 3 aromatic rings. The summed E-state index contributed by atoms with van der Waals surface area (Å²) in [6, 6.07) is 6.76. The third kappa shape index (κ3) is 4.19. The second-order valence-corrected chi connectivity index (χ2v) is 9.96. The summed E-state index contributed by atoms with van der Waals surface area (Å²) in [5.41, 5.74) is -1.52. The number of rotatable bonds is 4. The van der Waals surface area contributed by atoms with E-state index in [9.17, 15) is 23.1 Å². The van der Waals surface area contributed by atoms with Crippen LogP contribution in [-0.2, 0) is 5.60 Å². The Balaban J connectivity index is 1.36. The first-order chi connectivity index (χ1) is 17.0. The molecule has 5 rings (SSSR count). The molecule has 2 atom stereocenters. The summed E-state index contributed by atoms with van der Waals surface area (Å²) in [4.78, 5) is 29.5. The number of hydrogen-bond acceptors (Lipinski definition) is 6. The van der Waals surface area contributed by atoms with E-state index >= 15 is 0 Å². The number of fused-ring (bicyclic) bond motifs is 1. The molecule has 4 heterocycles. The van der Waals surface area contributed by atoms with Crippen molar-refractivity contribution in [3.05, 3.63) is 70.9 Å². The summed E-state index contributed by atoms with van der Waals surface area (Å²) in [6.45, 7) is 6.31. The van der Waals surface area contributed by atoms with Gasteiger partial charge in [0.25, 0.3) is 5.91 Å². The third-order valence-electron chi connectivity index (χ3n) is 6.88. The predicted molar refractivity (Wildman–Crippen MR) is 127 cm³/mol. The molecular weight excluding hydrogens is 471 g/mol. The highest BCUT2D eigenvalue weighted by Gasteiger charge is 2.43. The Morgan fingerprint density at radius 3 is 2.31 bits per heavy atom. The van der Waals surface area contributed by atoms with Crippen LogP contribution in [0.5, 0.6) is 0 Å². The molecule has 2 fully saturated rings. The molecule has 1 N–H and O–H groups in total. The molecule has 0 aliphatic carbocycles. The van der Waals surface area contributed by atoms with E-state index in [1.807, 2.05) is 4.90 Å². The minimum Gasteiger partial charge on any atom is -0.384 e. The van der Waals surface area contributed by atoms with Gasteiger partial charge in [0.1, 0.15) is 28.6 Å². The lowest BCUT2D eigenvalue weighted by molar-refractivity contribution is 0.0690. The average molecular weight is 498 g/mol. The highest BCUT2D eigenvalue weighted by molar-refractivity contribution is 6.01. The number of benzene rings is 1. The predicted octanol–water partition coefficient (Wildman–Crippen LogP) is 3.70. The van der Waals surface area contributed by atoms with Crippen LogP contribution in [0.25, 0.3) is 11.3 Å². The van der Waals surface area contributed by atoms with Gasteiger partial charge in [0, 0.05) is 49.8 Å². The molecule has 36 heavy (non-hydrogen) atoms. The van der Waals surface area contributed by atoms with Gasteiger partial charge in [-0.05, 0) is 39.0 Å². The van der Waals surface area contributed by atoms with Crippen LogP contribution in [0, 0.1) is 36.2 Å². The smallest absolute Gasteiger partial charge is 0.257 e. The molecular formula is C26H26F3N5O2. The van der Waals surface area contributed by atoms with Crippen molar-refractivity contribution in [1.82, 2.24) is 19.9 Å². The Morgan fingerprint density at radius 1 is 1.00 bits per heavy atom. The van der Waals surface area contributed by atoms with Crippen molar-refractivity contribution in [1.29, 1.82) is 0 Å². The van der Waals surface area contributed by atoms with Crippen LogP contribution in [0.15, 0.2) is 36.5 Å². The van der Waals surface area contributed by atoms with Gasteiger partial charge < -0.3 is 14.9 Å². The number of aryl methyl sites for hydroxylation is 1. The van der Waals surface area contributed by atoms with Crippen molar-refractivity contribution < 1.29 is 23.1 Å². The lowest BCUT2D eigenvalue weighted by Gasteiger charge is -2.25. The minimum atomic E-state index is -1.46. The fourth-order valence-corrected chi connectivity index (χ4v) is 5.09. The monoisotopic (exact) mass is 497 g/mol. The molecule has 0 radical (unpaired) electrons. The molecule has 0 spiro atoms. The van der Waals surface area contributed by atoms with E-state index in [1.54, 1.807) is 4.90 Å². The molecule has 0 saturated carbocycles. The normalized spacial score (nSPS) is 19.6. The summed E-state index contributed by atoms with van der Waals surface area (Å²) in [5.74, 6) is -2.01. The molecule has 2 unspecified atom stereocenters. The largest absolute Gasteiger partial charge is 0.384 e. The Morgan fingerprint density at radius 2 is 1.67 bits per heavy atom. The minimum absolute atomic E-state index is 0.0623. The molecule has 2 aliphatic heterocycles. The topological polar surface area (TPSA) is 82.5 Å². The Bertz CT molecular complexity index is 1330. The van der Waals surface area contributed by atoms with Gasteiger partial charge in [-0.15, -0.1) is 0 Å². The SMILES string of the molecule is Cc1nc(N2CC3CN(C(=O)c4c(F)cccc4-c4ncccc4F)CC3C2)nc(C(C)(C)O)c1F. The number of carbonyl (C=O) groups excluding carboxylic acids is 1. The van der Waals surface area contributed by atoms with Crippen molar-refractivity contribution in [2.24, 2.45) is 11.8 Å². The van der Waals surface area contributed by atoms with Crippen molar-refractivity contribution >= 4 is 11.9 Å². The van der Waals surface area contributed by atoms with E-state index in [0.717, 1.165) is 0 Å². The van der Waals surface area contributed by atoms with Gasteiger partial charge in [-0.25, -0.2) is 23.1 Å². The number of pyridine rings is 1. The van der Waals surface area contributed by atoms with E-state index in [-0.39, 0.29) is 40.0 Å². The molecule has 2 aromatic heterocycles. The lowest BCUT2D eigenvalue weighted by atomic mass is 10.0. The van der Waals surface area contributed by atoms with Crippen molar-refractivity contribution in [3.63, 3.8) is 0 Å². The van der Waals surface area contributed by atoms with Gasteiger partial charge in [-0.2, -0.15) is 0 Å². The van der Waals surface area contributed by atoms with Crippen LogP contribution in [0.4, 0.5) is 19.1 Å². The second-order valence-electron chi connectivity index (χ2n) is 9.96. The van der Waals surface area contributed by atoms with Crippen LogP contribution in [-0.4, -0.2) is 57.0 Å². The summed E-state index contributed by atoms with van der Waals surface area (Å²) < 4.78 is 43.8. The standard InChI is InChI=1S/C26H26F3N5O2/c1-14-21(29)23(26(2,3)36)32-25(31-14)34-12-15-10-33(11-16(15)13-34)24(35)20-17(6-4-7-18(20)27)22-19(28)8-5-9-30-22/h4-9,15-16,36H,10-13H2,1-3H3. The zero-order valence-electron chi connectivity index (χ0n) is 20.2. The Labute approximate surface area is 206 Å². The molecule has 1 amide bonds. The molecule has 188 valence electrons. The average Bonchev–Trinajstić information content (AvgIpc) is 3.39. The fraction of sp³-hybridized carbons (Fsp3) is 0.385. The second kappa shape index (κ2) is 8.85. The van der Waals surface area contributed by atoms with Crippen LogP contribution < -0.4 is 4.90 Å². The van der Waals surface area contributed by atoms with Gasteiger partial charge >= 0.3 is 0 Å². The first kappa shape index (κ1) is 24.2. The maximum atomic E-state index is 14.9. The van der Waals surface area contributed by atoms with E-state index in [2.05, 4.69) is 15.0 Å². The molecule has 2 aliphatic rings. The maximum absolute atomic E-state index is 14.9.